The maximum Gasteiger partial charge on any atom is 0.132 e. The van der Waals surface area contributed by atoms with E-state index < -0.39 is 0 Å². The van der Waals surface area contributed by atoms with E-state index in [1.807, 2.05) is 45.8 Å². The van der Waals surface area contributed by atoms with Crippen LogP contribution in [0, 0.1) is 23.1 Å². The molecule has 0 aliphatic carbocycles. The second kappa shape index (κ2) is 11.3. The zero-order chi connectivity index (χ0) is 25.8. The molecule has 37 heavy (non-hydrogen) atoms. The van der Waals surface area contributed by atoms with E-state index in [4.69, 9.17) is 24.4 Å². The van der Waals surface area contributed by atoms with Gasteiger partial charge in [-0.3, -0.25) is 15.1 Å². The van der Waals surface area contributed by atoms with Gasteiger partial charge in [0.05, 0.1) is 11.4 Å². The summed E-state index contributed by atoms with van der Waals surface area (Å²) in [6.07, 6.45) is 0.949. The molecule has 0 radical (unpaired) electrons. The third-order valence-corrected chi connectivity index (χ3v) is 7.60. The second-order valence-corrected chi connectivity index (χ2v) is 10.1. The number of hydrogen-bond acceptors (Lipinski definition) is 3. The molecule has 2 N–H and O–H groups in total. The van der Waals surface area contributed by atoms with E-state index in [0.717, 1.165) is 69.2 Å². The van der Waals surface area contributed by atoms with Crippen LogP contribution in [0.2, 0.25) is 0 Å². The van der Waals surface area contributed by atoms with Crippen LogP contribution in [0.1, 0.15) is 28.1 Å². The molecule has 0 unspecified atom stereocenters. The largest absolute Gasteiger partial charge is 0.297 e. The Morgan fingerprint density at radius 1 is 0.622 bits per heavy atom. The molecule has 5 aromatic rings. The van der Waals surface area contributed by atoms with E-state index in [-0.39, 0.29) is 0 Å². The Labute approximate surface area is 228 Å². The van der Waals surface area contributed by atoms with E-state index >= 15 is 0 Å². The predicted octanol–water partition coefficient (Wildman–Crippen LogP) is 7.24. The highest BCUT2D eigenvalue weighted by atomic mass is 32.1. The third kappa shape index (κ3) is 5.59. The fourth-order valence-electron chi connectivity index (χ4n) is 4.65. The number of aromatic amines is 2. The Hall–Kier alpha value is -3.52. The first-order valence-electron chi connectivity index (χ1n) is 12.5. The average Bonchev–Trinajstić information content (AvgIpc) is 3.38. The van der Waals surface area contributed by atoms with Crippen molar-refractivity contribution in [1.82, 2.24) is 24.5 Å². The summed E-state index contributed by atoms with van der Waals surface area (Å²) >= 11 is 11.9. The predicted molar refractivity (Wildman–Crippen MR) is 156 cm³/mol. The summed E-state index contributed by atoms with van der Waals surface area (Å²) in [4.78, 5) is 2.45. The average molecular weight is 526 g/mol. The van der Waals surface area contributed by atoms with Crippen molar-refractivity contribution in [1.29, 1.82) is 0 Å². The molecule has 0 saturated carbocycles. The van der Waals surface area contributed by atoms with Gasteiger partial charge in [0, 0.05) is 42.1 Å². The van der Waals surface area contributed by atoms with Gasteiger partial charge in [0.2, 0.25) is 0 Å². The molecule has 0 saturated heterocycles. The third-order valence-electron chi connectivity index (χ3n) is 6.74. The Bertz CT molecular complexity index is 1480. The second-order valence-electron chi connectivity index (χ2n) is 9.33. The van der Waals surface area contributed by atoms with Gasteiger partial charge in [0.1, 0.15) is 9.28 Å². The van der Waals surface area contributed by atoms with Crippen molar-refractivity contribution in [2.24, 2.45) is 0 Å². The van der Waals surface area contributed by atoms with E-state index in [9.17, 15) is 0 Å². The monoisotopic (exact) mass is 525 g/mol. The topological polar surface area (TPSA) is 44.7 Å². The summed E-state index contributed by atoms with van der Waals surface area (Å²) in [6, 6.07) is 31.0. The number of aromatic nitrogens is 4. The van der Waals surface area contributed by atoms with Crippen molar-refractivity contribution in [3.63, 3.8) is 0 Å². The Kier molecular flexibility index (Phi) is 7.65. The van der Waals surface area contributed by atoms with Gasteiger partial charge in [-0.25, -0.2) is 9.36 Å². The van der Waals surface area contributed by atoms with E-state index in [0.29, 0.717) is 0 Å². The van der Waals surface area contributed by atoms with E-state index in [1.165, 1.54) is 5.56 Å². The number of nitrogens with one attached hydrogen (secondary N) is 2. The van der Waals surface area contributed by atoms with Crippen LogP contribution in [-0.4, -0.2) is 31.0 Å². The summed E-state index contributed by atoms with van der Waals surface area (Å²) < 4.78 is 5.63. The zero-order valence-electron chi connectivity index (χ0n) is 21.1. The molecule has 5 rings (SSSR count). The summed E-state index contributed by atoms with van der Waals surface area (Å²) in [5.74, 6) is 0. The molecule has 5 nitrogen and oxygen atoms in total. The Morgan fingerprint density at radius 2 is 1.03 bits per heavy atom. The Balaban J connectivity index is 1.46. The highest BCUT2D eigenvalue weighted by Crippen LogP contribution is 2.21. The molecule has 0 aliphatic rings. The minimum atomic E-state index is 0.735. The van der Waals surface area contributed by atoms with Crippen LogP contribution in [0.15, 0.2) is 91.0 Å². The van der Waals surface area contributed by atoms with Gasteiger partial charge in [-0.1, -0.05) is 91.2 Å². The molecular formula is C30H31N5S2. The number of para-hydroxylation sites is 2. The smallest absolute Gasteiger partial charge is 0.132 e. The van der Waals surface area contributed by atoms with Crippen LogP contribution in [0.4, 0.5) is 0 Å². The molecule has 0 atom stereocenters. The fourth-order valence-corrected chi connectivity index (χ4v) is 5.38. The first kappa shape index (κ1) is 25.1. The van der Waals surface area contributed by atoms with Crippen molar-refractivity contribution in [2.75, 3.05) is 6.54 Å². The van der Waals surface area contributed by atoms with E-state index in [2.05, 4.69) is 83.5 Å². The Morgan fingerprint density at radius 3 is 1.46 bits per heavy atom. The minimum Gasteiger partial charge on any atom is -0.297 e. The number of H-pyrrole nitrogens is 2. The lowest BCUT2D eigenvalue weighted by atomic mass is 10.1. The summed E-state index contributed by atoms with van der Waals surface area (Å²) in [5.41, 5.74) is 7.85. The normalized spacial score (nSPS) is 11.3. The number of hydrogen-bond donors (Lipinski definition) is 2. The number of benzene rings is 3. The van der Waals surface area contributed by atoms with E-state index in [1.54, 1.807) is 0 Å². The van der Waals surface area contributed by atoms with Gasteiger partial charge >= 0.3 is 0 Å². The summed E-state index contributed by atoms with van der Waals surface area (Å²) in [5, 5.41) is 6.95. The van der Waals surface area contributed by atoms with Crippen LogP contribution in [0.25, 0.3) is 11.4 Å². The van der Waals surface area contributed by atoms with Gasteiger partial charge in [0.25, 0.3) is 0 Å². The maximum atomic E-state index is 5.95. The van der Waals surface area contributed by atoms with Crippen LogP contribution < -0.4 is 0 Å². The first-order valence-corrected chi connectivity index (χ1v) is 13.3. The highest BCUT2D eigenvalue weighted by molar-refractivity contribution is 7.71. The molecule has 2 heterocycles. The molecule has 0 bridgehead atoms. The van der Waals surface area contributed by atoms with Crippen molar-refractivity contribution in [3.05, 3.63) is 128 Å². The maximum absolute atomic E-state index is 5.95. The van der Waals surface area contributed by atoms with Crippen molar-refractivity contribution >= 4 is 24.4 Å². The van der Waals surface area contributed by atoms with Crippen LogP contribution in [0.3, 0.4) is 0 Å². The zero-order valence-corrected chi connectivity index (χ0v) is 22.8. The van der Waals surface area contributed by atoms with Crippen molar-refractivity contribution < 1.29 is 0 Å². The number of rotatable bonds is 9. The molecule has 2 aromatic heterocycles. The van der Waals surface area contributed by atoms with Crippen molar-refractivity contribution in [2.45, 2.75) is 33.4 Å². The molecule has 3 aromatic carbocycles. The fraction of sp³-hybridized carbons (Fsp3) is 0.200. The van der Waals surface area contributed by atoms with Crippen LogP contribution >= 0.6 is 24.4 Å². The van der Waals surface area contributed by atoms with Gasteiger partial charge < -0.3 is 0 Å². The number of nitrogens with zero attached hydrogens (tertiary/aromatic N) is 3. The molecule has 0 fully saturated rings. The number of aryl methyl sites for hydroxylation is 2. The van der Waals surface area contributed by atoms with Crippen LogP contribution in [-0.2, 0) is 19.5 Å². The van der Waals surface area contributed by atoms with Gasteiger partial charge in [0.15, 0.2) is 0 Å². The molecule has 0 aliphatic heterocycles. The molecule has 0 spiro atoms. The van der Waals surface area contributed by atoms with Crippen LogP contribution in [0.5, 0.6) is 0 Å². The summed E-state index contributed by atoms with van der Waals surface area (Å²) in [7, 11) is 0. The molecule has 0 amide bonds. The summed E-state index contributed by atoms with van der Waals surface area (Å²) in [6.45, 7) is 6.56. The minimum absolute atomic E-state index is 0.735. The lowest BCUT2D eigenvalue weighted by Gasteiger charge is -2.22. The molecule has 188 valence electrons. The highest BCUT2D eigenvalue weighted by Gasteiger charge is 2.18. The molecule has 7 heteroatoms. The lowest BCUT2D eigenvalue weighted by molar-refractivity contribution is 0.258. The van der Waals surface area contributed by atoms with Gasteiger partial charge in [-0.15, -0.1) is 0 Å². The SMILES string of the molecule is Cc1[nH]n(-c2ccccc2)c(=S)c1CN(CCc1ccccc1)Cc1c(C)[nH]n(-c2ccccc2)c1=S. The standard InChI is InChI=1S/C30H31N5S2/c1-22-27(29(36)34(31-22)25-14-8-4-9-15-25)20-33(19-18-24-12-6-3-7-13-24)21-28-23(2)32-35(30(28)37)26-16-10-5-11-17-26/h3-17,31-32H,18-21H2,1-2H3. The molecular weight excluding hydrogens is 494 g/mol. The quantitative estimate of drug-likeness (QED) is 0.199. The van der Waals surface area contributed by atoms with Gasteiger partial charge in [-0.2, -0.15) is 0 Å². The lowest BCUT2D eigenvalue weighted by Crippen LogP contribution is -2.26. The first-order chi connectivity index (χ1) is 18.0. The van der Waals surface area contributed by atoms with Crippen molar-refractivity contribution in [3.8, 4) is 11.4 Å². The van der Waals surface area contributed by atoms with Gasteiger partial charge in [-0.05, 0) is 50.1 Å².